The van der Waals surface area contributed by atoms with Crippen LogP contribution in [0, 0.1) is 11.8 Å². The molecule has 0 radical (unpaired) electrons. The lowest BCUT2D eigenvalue weighted by atomic mass is 9.94. The number of ketones is 1. The molecule has 2 unspecified atom stereocenters. The van der Waals surface area contributed by atoms with Crippen LogP contribution in [0.4, 0.5) is 0 Å². The van der Waals surface area contributed by atoms with Gasteiger partial charge in [-0.2, -0.15) is 0 Å². The third kappa shape index (κ3) is 1.37. The standard InChI is InChI=1S/C8H14O2/c1-6(10)8-4-2-3-7(8)5-9/h7-9H,2-5H2,1H3. The number of carbonyl (C=O) groups excluding carboxylic acids is 1. The summed E-state index contributed by atoms with van der Waals surface area (Å²) in [5.74, 6) is 0.666. The molecule has 0 aliphatic heterocycles. The minimum Gasteiger partial charge on any atom is -0.396 e. The van der Waals surface area contributed by atoms with Gasteiger partial charge in [0.05, 0.1) is 0 Å². The first-order valence-corrected chi connectivity index (χ1v) is 3.87. The van der Waals surface area contributed by atoms with Crippen LogP contribution in [-0.2, 0) is 4.79 Å². The summed E-state index contributed by atoms with van der Waals surface area (Å²) in [6.07, 6.45) is 3.12. The van der Waals surface area contributed by atoms with Gasteiger partial charge in [-0.15, -0.1) is 0 Å². The maximum atomic E-state index is 10.9. The quantitative estimate of drug-likeness (QED) is 0.624. The molecule has 0 saturated heterocycles. The molecule has 0 amide bonds. The molecule has 10 heavy (non-hydrogen) atoms. The second-order valence-electron chi connectivity index (χ2n) is 3.09. The van der Waals surface area contributed by atoms with Crippen molar-refractivity contribution >= 4 is 5.78 Å². The van der Waals surface area contributed by atoms with Crippen LogP contribution in [0.1, 0.15) is 26.2 Å². The summed E-state index contributed by atoms with van der Waals surface area (Å²) in [5, 5.41) is 8.83. The molecule has 58 valence electrons. The van der Waals surface area contributed by atoms with Gasteiger partial charge in [-0.25, -0.2) is 0 Å². The van der Waals surface area contributed by atoms with Crippen LogP contribution in [0.25, 0.3) is 0 Å². The lowest BCUT2D eigenvalue weighted by Crippen LogP contribution is -2.18. The summed E-state index contributed by atoms with van der Waals surface area (Å²) < 4.78 is 0. The van der Waals surface area contributed by atoms with Crippen molar-refractivity contribution in [1.82, 2.24) is 0 Å². The molecule has 0 bridgehead atoms. The molecular weight excluding hydrogens is 128 g/mol. The summed E-state index contributed by atoms with van der Waals surface area (Å²) in [6.45, 7) is 1.81. The normalized spacial score (nSPS) is 32.6. The summed E-state index contributed by atoms with van der Waals surface area (Å²) in [5.41, 5.74) is 0. The lowest BCUT2D eigenvalue weighted by Gasteiger charge is -2.12. The zero-order valence-corrected chi connectivity index (χ0v) is 6.34. The minimum absolute atomic E-state index is 0.157. The van der Waals surface area contributed by atoms with Crippen LogP contribution in [-0.4, -0.2) is 17.5 Å². The van der Waals surface area contributed by atoms with Gasteiger partial charge < -0.3 is 5.11 Å². The number of rotatable bonds is 2. The topological polar surface area (TPSA) is 37.3 Å². The highest BCUT2D eigenvalue weighted by Gasteiger charge is 2.29. The zero-order valence-electron chi connectivity index (χ0n) is 6.34. The van der Waals surface area contributed by atoms with Crippen LogP contribution < -0.4 is 0 Å². The molecule has 1 saturated carbocycles. The number of Topliss-reactive ketones (excluding diaryl/α,β-unsaturated/α-hetero) is 1. The maximum absolute atomic E-state index is 10.9. The second-order valence-corrected chi connectivity index (χ2v) is 3.09. The molecule has 0 aromatic rings. The van der Waals surface area contributed by atoms with Crippen LogP contribution >= 0.6 is 0 Å². The van der Waals surface area contributed by atoms with E-state index in [1.807, 2.05) is 0 Å². The molecule has 0 heterocycles. The number of hydrogen-bond acceptors (Lipinski definition) is 2. The van der Waals surface area contributed by atoms with Crippen molar-refractivity contribution in [3.8, 4) is 0 Å². The molecule has 0 aromatic heterocycles. The van der Waals surface area contributed by atoms with Gasteiger partial charge in [0.25, 0.3) is 0 Å². The highest BCUT2D eigenvalue weighted by Crippen LogP contribution is 2.31. The molecule has 1 fully saturated rings. The van der Waals surface area contributed by atoms with E-state index in [0.717, 1.165) is 19.3 Å². The molecule has 1 rings (SSSR count). The Morgan fingerprint density at radius 2 is 2.30 bits per heavy atom. The lowest BCUT2D eigenvalue weighted by molar-refractivity contribution is -0.122. The third-order valence-electron chi connectivity index (χ3n) is 2.42. The van der Waals surface area contributed by atoms with Crippen LogP contribution in [0.15, 0.2) is 0 Å². The van der Waals surface area contributed by atoms with E-state index in [-0.39, 0.29) is 24.2 Å². The van der Waals surface area contributed by atoms with Gasteiger partial charge in [0.2, 0.25) is 0 Å². The fourth-order valence-corrected chi connectivity index (χ4v) is 1.79. The summed E-state index contributed by atoms with van der Waals surface area (Å²) in [7, 11) is 0. The monoisotopic (exact) mass is 142 g/mol. The Morgan fingerprint density at radius 3 is 2.70 bits per heavy atom. The van der Waals surface area contributed by atoms with Crippen molar-refractivity contribution in [2.75, 3.05) is 6.61 Å². The van der Waals surface area contributed by atoms with E-state index in [1.165, 1.54) is 0 Å². The zero-order chi connectivity index (χ0) is 7.56. The van der Waals surface area contributed by atoms with Crippen molar-refractivity contribution in [2.24, 2.45) is 11.8 Å². The van der Waals surface area contributed by atoms with Crippen molar-refractivity contribution in [1.29, 1.82) is 0 Å². The first kappa shape index (κ1) is 7.73. The fraction of sp³-hybridized carbons (Fsp3) is 0.875. The van der Waals surface area contributed by atoms with E-state index in [9.17, 15) is 4.79 Å². The number of aliphatic hydroxyl groups excluding tert-OH is 1. The Kier molecular flexibility index (Phi) is 2.44. The number of carbonyl (C=O) groups is 1. The van der Waals surface area contributed by atoms with E-state index in [0.29, 0.717) is 0 Å². The van der Waals surface area contributed by atoms with E-state index in [2.05, 4.69) is 0 Å². The van der Waals surface area contributed by atoms with Gasteiger partial charge in [0.15, 0.2) is 0 Å². The van der Waals surface area contributed by atoms with Gasteiger partial charge in [0, 0.05) is 12.5 Å². The molecule has 1 N–H and O–H groups in total. The Morgan fingerprint density at radius 1 is 1.60 bits per heavy atom. The maximum Gasteiger partial charge on any atom is 0.133 e. The third-order valence-corrected chi connectivity index (χ3v) is 2.42. The van der Waals surface area contributed by atoms with Crippen LogP contribution in [0.5, 0.6) is 0 Å². The SMILES string of the molecule is CC(=O)C1CCCC1CO. The van der Waals surface area contributed by atoms with E-state index in [4.69, 9.17) is 5.11 Å². The highest BCUT2D eigenvalue weighted by atomic mass is 16.3. The first-order chi connectivity index (χ1) is 4.75. The molecule has 2 atom stereocenters. The van der Waals surface area contributed by atoms with Crippen LogP contribution in [0.2, 0.25) is 0 Å². The smallest absolute Gasteiger partial charge is 0.133 e. The van der Waals surface area contributed by atoms with E-state index in [1.54, 1.807) is 6.92 Å². The molecule has 0 aromatic carbocycles. The molecule has 2 heteroatoms. The Labute approximate surface area is 61.2 Å². The predicted octanol–water partition coefficient (Wildman–Crippen LogP) is 0.984. The number of aliphatic hydroxyl groups is 1. The molecule has 2 nitrogen and oxygen atoms in total. The van der Waals surface area contributed by atoms with Gasteiger partial charge in [0.1, 0.15) is 5.78 Å². The molecule has 1 aliphatic carbocycles. The average molecular weight is 142 g/mol. The van der Waals surface area contributed by atoms with Gasteiger partial charge in [-0.1, -0.05) is 6.42 Å². The largest absolute Gasteiger partial charge is 0.396 e. The van der Waals surface area contributed by atoms with E-state index >= 15 is 0 Å². The van der Waals surface area contributed by atoms with Crippen LogP contribution in [0.3, 0.4) is 0 Å². The van der Waals surface area contributed by atoms with Gasteiger partial charge in [-0.3, -0.25) is 4.79 Å². The summed E-state index contributed by atoms with van der Waals surface area (Å²) >= 11 is 0. The van der Waals surface area contributed by atoms with E-state index < -0.39 is 0 Å². The van der Waals surface area contributed by atoms with Gasteiger partial charge in [-0.05, 0) is 25.7 Å². The Hall–Kier alpha value is -0.370. The number of hydrogen-bond donors (Lipinski definition) is 1. The first-order valence-electron chi connectivity index (χ1n) is 3.87. The second kappa shape index (κ2) is 3.15. The van der Waals surface area contributed by atoms with Crippen molar-refractivity contribution in [2.45, 2.75) is 26.2 Å². The van der Waals surface area contributed by atoms with Crippen molar-refractivity contribution in [3.63, 3.8) is 0 Å². The molecule has 1 aliphatic rings. The highest BCUT2D eigenvalue weighted by molar-refractivity contribution is 5.78. The minimum atomic E-state index is 0.157. The summed E-state index contributed by atoms with van der Waals surface area (Å²) in [6, 6.07) is 0. The van der Waals surface area contributed by atoms with Gasteiger partial charge >= 0.3 is 0 Å². The Balaban J connectivity index is 2.50. The van der Waals surface area contributed by atoms with Crippen molar-refractivity contribution in [3.05, 3.63) is 0 Å². The molecule has 0 spiro atoms. The predicted molar refractivity (Wildman–Crippen MR) is 38.6 cm³/mol. The Bertz CT molecular complexity index is 131. The fourth-order valence-electron chi connectivity index (χ4n) is 1.79. The molecular formula is C8H14O2. The summed E-state index contributed by atoms with van der Waals surface area (Å²) in [4.78, 5) is 10.9. The average Bonchev–Trinajstić information content (AvgIpc) is 2.33. The van der Waals surface area contributed by atoms with Crippen molar-refractivity contribution < 1.29 is 9.90 Å².